The van der Waals surface area contributed by atoms with Crippen molar-refractivity contribution >= 4 is 15.5 Å². The Kier molecular flexibility index (Phi) is 11.5. The Morgan fingerprint density at radius 3 is 2.62 bits per heavy atom. The van der Waals surface area contributed by atoms with E-state index in [1.165, 1.54) is 25.0 Å². The fraction of sp³-hybridized carbons (Fsp3) is 0.633. The van der Waals surface area contributed by atoms with Gasteiger partial charge in [-0.3, -0.25) is 9.69 Å². The summed E-state index contributed by atoms with van der Waals surface area (Å²) in [7, 11) is -3.80. The van der Waals surface area contributed by atoms with Gasteiger partial charge in [0.1, 0.15) is 11.6 Å². The van der Waals surface area contributed by atoms with Crippen molar-refractivity contribution in [3.63, 3.8) is 0 Å². The minimum Gasteiger partial charge on any atom is -0.493 e. The lowest BCUT2D eigenvalue weighted by Gasteiger charge is -2.26. The summed E-state index contributed by atoms with van der Waals surface area (Å²) in [5.74, 6) is 1.60. The molecule has 1 unspecified atom stereocenters. The number of nitrogens with zero attached hydrogens (tertiary/aromatic N) is 4. The molecule has 2 aromatic heterocycles. The lowest BCUT2D eigenvalue weighted by molar-refractivity contribution is 0.0376. The number of aromatic nitrogens is 4. The van der Waals surface area contributed by atoms with E-state index in [2.05, 4.69) is 28.5 Å². The number of hydrogen-bond donors (Lipinski definition) is 2. The fourth-order valence-corrected chi connectivity index (χ4v) is 6.57. The second-order valence-corrected chi connectivity index (χ2v) is 12.6. The molecule has 1 aliphatic heterocycles. The highest BCUT2D eigenvalue weighted by molar-refractivity contribution is 7.89. The van der Waals surface area contributed by atoms with E-state index in [0.717, 1.165) is 51.1 Å². The van der Waals surface area contributed by atoms with Crippen molar-refractivity contribution in [2.75, 3.05) is 46.0 Å². The first-order chi connectivity index (χ1) is 20.3. The number of aryl methyl sites for hydroxylation is 1. The van der Waals surface area contributed by atoms with Gasteiger partial charge in [-0.2, -0.15) is 0 Å². The summed E-state index contributed by atoms with van der Waals surface area (Å²) in [6.45, 7) is 12.6. The van der Waals surface area contributed by atoms with Crippen molar-refractivity contribution in [3.05, 3.63) is 40.1 Å². The zero-order valence-corrected chi connectivity index (χ0v) is 26.3. The molecule has 2 N–H and O–H groups in total. The maximum absolute atomic E-state index is 13.3. The van der Waals surface area contributed by atoms with Crippen LogP contribution in [-0.4, -0.2) is 78.9 Å². The molecule has 3 heterocycles. The highest BCUT2D eigenvalue weighted by atomic mass is 32.2. The van der Waals surface area contributed by atoms with Gasteiger partial charge in [0.25, 0.3) is 5.56 Å². The number of ether oxygens (including phenoxy) is 2. The largest absolute Gasteiger partial charge is 0.493 e. The van der Waals surface area contributed by atoms with Crippen molar-refractivity contribution in [1.82, 2.24) is 29.2 Å². The van der Waals surface area contributed by atoms with Crippen LogP contribution in [0.1, 0.15) is 83.2 Å². The SMILES string of the molecule is CCCCCCC(CC)c1nc(C)c2c(=O)[nH]c(-c3cc(S(=O)(=O)NCCCN4CCOCC4)ccc3OCC)nn12. The van der Waals surface area contributed by atoms with Crippen molar-refractivity contribution in [3.8, 4) is 17.1 Å². The van der Waals surface area contributed by atoms with Gasteiger partial charge in [0.15, 0.2) is 11.3 Å². The van der Waals surface area contributed by atoms with Crippen LogP contribution in [-0.2, 0) is 14.8 Å². The molecule has 0 aliphatic carbocycles. The Labute approximate surface area is 249 Å². The van der Waals surface area contributed by atoms with E-state index in [1.54, 1.807) is 10.6 Å². The van der Waals surface area contributed by atoms with Gasteiger partial charge in [-0.1, -0.05) is 39.5 Å². The molecule has 0 amide bonds. The number of nitrogens with one attached hydrogen (secondary N) is 2. The maximum atomic E-state index is 13.3. The molecule has 0 bridgehead atoms. The second kappa shape index (κ2) is 15.1. The zero-order valence-electron chi connectivity index (χ0n) is 25.4. The number of fused-ring (bicyclic) bond motifs is 1. The van der Waals surface area contributed by atoms with Crippen LogP contribution in [0, 0.1) is 6.92 Å². The van der Waals surface area contributed by atoms with E-state index in [-0.39, 0.29) is 22.2 Å². The molecular weight excluding hydrogens is 556 g/mol. The maximum Gasteiger partial charge on any atom is 0.277 e. The highest BCUT2D eigenvalue weighted by Gasteiger charge is 2.23. The van der Waals surface area contributed by atoms with E-state index in [4.69, 9.17) is 19.6 Å². The molecule has 3 aromatic rings. The predicted octanol–water partition coefficient (Wildman–Crippen LogP) is 4.26. The lowest BCUT2D eigenvalue weighted by atomic mass is 9.97. The van der Waals surface area contributed by atoms with Crippen molar-refractivity contribution in [1.29, 1.82) is 0 Å². The predicted molar refractivity (Wildman–Crippen MR) is 164 cm³/mol. The number of H-pyrrole nitrogens is 1. The second-order valence-electron chi connectivity index (χ2n) is 10.9. The summed E-state index contributed by atoms with van der Waals surface area (Å²) in [4.78, 5) is 23.3. The van der Waals surface area contributed by atoms with Crippen LogP contribution < -0.4 is 15.0 Å². The molecule has 11 nitrogen and oxygen atoms in total. The van der Waals surface area contributed by atoms with Gasteiger partial charge in [-0.05, 0) is 57.9 Å². The summed E-state index contributed by atoms with van der Waals surface area (Å²) in [5, 5.41) is 4.82. The van der Waals surface area contributed by atoms with Crippen LogP contribution in [0.5, 0.6) is 5.75 Å². The van der Waals surface area contributed by atoms with Crippen molar-refractivity contribution in [2.45, 2.75) is 83.5 Å². The van der Waals surface area contributed by atoms with E-state index >= 15 is 0 Å². The van der Waals surface area contributed by atoms with E-state index in [9.17, 15) is 13.2 Å². The van der Waals surface area contributed by atoms with Gasteiger partial charge in [0.05, 0.1) is 36.0 Å². The molecule has 1 fully saturated rings. The molecule has 1 atom stereocenters. The fourth-order valence-electron chi connectivity index (χ4n) is 5.47. The summed E-state index contributed by atoms with van der Waals surface area (Å²) in [5.41, 5.74) is 1.11. The third kappa shape index (κ3) is 7.77. The number of sulfonamides is 1. The highest BCUT2D eigenvalue weighted by Crippen LogP contribution is 2.31. The van der Waals surface area contributed by atoms with E-state index in [1.807, 2.05) is 13.8 Å². The number of imidazole rings is 1. The molecule has 0 saturated carbocycles. The first-order valence-electron chi connectivity index (χ1n) is 15.4. The minimum absolute atomic E-state index is 0.0828. The number of hydrogen-bond acceptors (Lipinski definition) is 8. The van der Waals surface area contributed by atoms with Gasteiger partial charge in [0.2, 0.25) is 10.0 Å². The van der Waals surface area contributed by atoms with E-state index in [0.29, 0.717) is 55.3 Å². The Morgan fingerprint density at radius 1 is 1.12 bits per heavy atom. The van der Waals surface area contributed by atoms with Crippen LogP contribution >= 0.6 is 0 Å². The number of aromatic amines is 1. The van der Waals surface area contributed by atoms with E-state index < -0.39 is 10.0 Å². The van der Waals surface area contributed by atoms with Gasteiger partial charge in [-0.15, -0.1) is 5.10 Å². The smallest absolute Gasteiger partial charge is 0.277 e. The molecule has 1 aromatic carbocycles. The van der Waals surface area contributed by atoms with Gasteiger partial charge < -0.3 is 14.5 Å². The van der Waals surface area contributed by atoms with Crippen LogP contribution in [0.25, 0.3) is 16.9 Å². The summed E-state index contributed by atoms with van der Waals surface area (Å²) >= 11 is 0. The zero-order chi connectivity index (χ0) is 30.1. The third-order valence-electron chi connectivity index (χ3n) is 7.83. The van der Waals surface area contributed by atoms with Crippen LogP contribution in [0.4, 0.5) is 0 Å². The van der Waals surface area contributed by atoms with Crippen molar-refractivity contribution < 1.29 is 17.9 Å². The van der Waals surface area contributed by atoms with Crippen LogP contribution in [0.2, 0.25) is 0 Å². The summed E-state index contributed by atoms with van der Waals surface area (Å²) in [6.07, 6.45) is 7.15. The minimum atomic E-state index is -3.80. The Hall–Kier alpha value is -2.80. The molecule has 42 heavy (non-hydrogen) atoms. The Bertz CT molecular complexity index is 1480. The number of unbranched alkanes of at least 4 members (excludes halogenated alkanes) is 3. The molecule has 0 spiro atoms. The number of rotatable bonds is 16. The van der Waals surface area contributed by atoms with Gasteiger partial charge in [0, 0.05) is 25.6 Å². The average Bonchev–Trinajstić information content (AvgIpc) is 3.32. The average molecular weight is 603 g/mol. The number of morpholine rings is 1. The van der Waals surface area contributed by atoms with Gasteiger partial charge in [-0.25, -0.2) is 22.6 Å². The van der Waals surface area contributed by atoms with Gasteiger partial charge >= 0.3 is 0 Å². The first kappa shape index (κ1) is 32.1. The van der Waals surface area contributed by atoms with Crippen LogP contribution in [0.3, 0.4) is 0 Å². The molecule has 1 aliphatic rings. The summed E-state index contributed by atoms with van der Waals surface area (Å²) in [6, 6.07) is 4.66. The third-order valence-corrected chi connectivity index (χ3v) is 9.29. The Morgan fingerprint density at radius 2 is 1.90 bits per heavy atom. The molecule has 1 saturated heterocycles. The first-order valence-corrected chi connectivity index (χ1v) is 16.8. The normalized spacial score (nSPS) is 15.3. The monoisotopic (exact) mass is 602 g/mol. The standard InChI is InChI=1S/C30H46N6O5S/c1-5-8-9-10-12-23(6-2)29-32-22(4)27-30(37)33-28(34-36(27)29)25-21-24(13-14-26(25)41-7-3)42(38,39)31-15-11-16-35-17-19-40-20-18-35/h13-14,21,23,31H,5-12,15-20H2,1-4H3,(H,33,34,37). The lowest BCUT2D eigenvalue weighted by Crippen LogP contribution is -2.38. The molecule has 0 radical (unpaired) electrons. The Balaban J connectivity index is 1.63. The molecule has 12 heteroatoms. The molecule has 4 rings (SSSR count). The number of benzene rings is 1. The topological polar surface area (TPSA) is 131 Å². The van der Waals surface area contributed by atoms with Crippen molar-refractivity contribution in [2.24, 2.45) is 0 Å². The van der Waals surface area contributed by atoms with Crippen LogP contribution in [0.15, 0.2) is 27.9 Å². The summed E-state index contributed by atoms with van der Waals surface area (Å²) < 4.78 is 42.1. The molecular formula is C30H46N6O5S. The quantitative estimate of drug-likeness (QED) is 0.233. The molecule has 232 valence electrons.